The van der Waals surface area contributed by atoms with Gasteiger partial charge < -0.3 is 18.9 Å². The molecule has 0 saturated carbocycles. The van der Waals surface area contributed by atoms with Gasteiger partial charge in [-0.15, -0.1) is 0 Å². The minimum Gasteiger partial charge on any atom is -0.496 e. The SMILES string of the molecule is CCCC(C)(C(c1ccccc1)P(c1cc(C)c(OC)c(C)c1)c1cc(C)c(OC)c(C)c1)C(c1ccccc1)P(c1cc(C)c(OC)c(C)c1)c1cc(C)c(OC)c(C)c1. The number of rotatable bonds is 16. The molecule has 0 aliphatic heterocycles. The van der Waals surface area contributed by atoms with E-state index >= 15 is 0 Å². The molecule has 0 fully saturated rings. The van der Waals surface area contributed by atoms with E-state index in [-0.39, 0.29) is 16.7 Å². The summed E-state index contributed by atoms with van der Waals surface area (Å²) in [4.78, 5) is 0. The van der Waals surface area contributed by atoms with Crippen LogP contribution in [-0.2, 0) is 0 Å². The third-order valence-electron chi connectivity index (χ3n) is 12.5. The molecular weight excluding hydrogens is 787 g/mol. The van der Waals surface area contributed by atoms with Crippen molar-refractivity contribution in [2.45, 2.75) is 93.4 Å². The monoisotopic (exact) mass is 852 g/mol. The Labute approximate surface area is 369 Å². The molecule has 0 aromatic heterocycles. The molecule has 0 N–H and O–H groups in total. The van der Waals surface area contributed by atoms with E-state index in [1.54, 1.807) is 28.4 Å². The fraction of sp³-hybridized carbons (Fsp3) is 0.345. The second-order valence-electron chi connectivity index (χ2n) is 17.1. The van der Waals surface area contributed by atoms with Gasteiger partial charge in [-0.2, -0.15) is 0 Å². The summed E-state index contributed by atoms with van der Waals surface area (Å²) in [6.45, 7) is 22.6. The fourth-order valence-corrected chi connectivity index (χ4v) is 17.6. The lowest BCUT2D eigenvalue weighted by Crippen LogP contribution is -2.38. The van der Waals surface area contributed by atoms with Crippen LogP contribution in [0.3, 0.4) is 0 Å². The zero-order valence-corrected chi connectivity index (χ0v) is 40.8. The molecule has 0 heterocycles. The molecule has 0 aliphatic carbocycles. The first-order valence-electron chi connectivity index (χ1n) is 21.5. The number of methoxy groups -OCH3 is 4. The lowest BCUT2D eigenvalue weighted by Gasteiger charge is -2.51. The van der Waals surface area contributed by atoms with Crippen molar-refractivity contribution in [3.8, 4) is 23.0 Å². The van der Waals surface area contributed by atoms with E-state index in [1.807, 2.05) is 0 Å². The standard InChI is InChI=1S/C55H66O4P2/c1-15-26-55(10,53(43-22-18-16-19-23-43)60(45-27-35(2)49(56-11)36(3)28-45)46-29-37(4)50(57-12)38(5)30-46)54(44-24-20-17-21-25-44)61(47-31-39(6)51(58-13)40(7)32-47)48-33-41(8)52(59-14)42(9)34-48/h16-25,27-34,53-54H,15,26H2,1-14H3. The Balaban J connectivity index is 1.81. The normalized spacial score (nSPS) is 13.5. The zero-order valence-electron chi connectivity index (χ0n) is 39.0. The van der Waals surface area contributed by atoms with Crippen molar-refractivity contribution >= 4 is 37.1 Å². The third-order valence-corrected chi connectivity index (χ3v) is 18.6. The second-order valence-corrected chi connectivity index (χ2v) is 21.7. The number of benzene rings is 6. The lowest BCUT2D eigenvalue weighted by molar-refractivity contribution is 0.270. The van der Waals surface area contributed by atoms with Crippen molar-refractivity contribution in [2.24, 2.45) is 5.41 Å². The largest absolute Gasteiger partial charge is 0.496 e. The number of aryl methyl sites for hydroxylation is 8. The van der Waals surface area contributed by atoms with Crippen LogP contribution in [0.25, 0.3) is 0 Å². The van der Waals surface area contributed by atoms with E-state index in [2.05, 4.69) is 178 Å². The molecule has 2 unspecified atom stereocenters. The maximum Gasteiger partial charge on any atom is 0.124 e. The van der Waals surface area contributed by atoms with Crippen molar-refractivity contribution in [1.29, 1.82) is 0 Å². The minimum absolute atomic E-state index is 0.0964. The Morgan fingerprint density at radius 3 is 0.836 bits per heavy atom. The average Bonchev–Trinajstić information content (AvgIpc) is 3.22. The van der Waals surface area contributed by atoms with Crippen LogP contribution in [0.2, 0.25) is 0 Å². The van der Waals surface area contributed by atoms with Gasteiger partial charge in [-0.1, -0.05) is 80.9 Å². The maximum absolute atomic E-state index is 6.01. The predicted octanol–water partition coefficient (Wildman–Crippen LogP) is 13.0. The highest BCUT2D eigenvalue weighted by molar-refractivity contribution is 7.74. The second kappa shape index (κ2) is 19.6. The highest BCUT2D eigenvalue weighted by Gasteiger charge is 2.50. The lowest BCUT2D eigenvalue weighted by atomic mass is 9.74. The molecule has 6 aromatic carbocycles. The van der Waals surface area contributed by atoms with E-state index in [9.17, 15) is 0 Å². The molecule has 6 aromatic rings. The summed E-state index contributed by atoms with van der Waals surface area (Å²) in [7, 11) is 5.04. The summed E-state index contributed by atoms with van der Waals surface area (Å²) >= 11 is 0. The van der Waals surface area contributed by atoms with Gasteiger partial charge >= 0.3 is 0 Å². The first-order chi connectivity index (χ1) is 29.2. The van der Waals surface area contributed by atoms with Crippen LogP contribution in [0.4, 0.5) is 0 Å². The van der Waals surface area contributed by atoms with E-state index < -0.39 is 15.8 Å². The maximum atomic E-state index is 6.01. The van der Waals surface area contributed by atoms with Crippen LogP contribution in [0.5, 0.6) is 23.0 Å². The van der Waals surface area contributed by atoms with Crippen molar-refractivity contribution in [3.63, 3.8) is 0 Å². The van der Waals surface area contributed by atoms with Crippen molar-refractivity contribution in [3.05, 3.63) is 165 Å². The first-order valence-corrected chi connectivity index (χ1v) is 24.3. The molecule has 0 saturated heterocycles. The summed E-state index contributed by atoms with van der Waals surface area (Å²) in [6, 6.07) is 42.2. The Hall–Kier alpha value is -4.62. The Morgan fingerprint density at radius 1 is 0.410 bits per heavy atom. The van der Waals surface area contributed by atoms with Gasteiger partial charge in [-0.3, -0.25) is 0 Å². The van der Waals surface area contributed by atoms with Gasteiger partial charge in [0.05, 0.1) is 28.4 Å². The highest BCUT2D eigenvalue weighted by Crippen LogP contribution is 2.71. The van der Waals surface area contributed by atoms with E-state index in [4.69, 9.17) is 18.9 Å². The van der Waals surface area contributed by atoms with E-state index in [1.165, 1.54) is 32.3 Å². The summed E-state index contributed by atoms with van der Waals surface area (Å²) in [5, 5.41) is 5.42. The number of hydrogen-bond donors (Lipinski definition) is 0. The van der Waals surface area contributed by atoms with Gasteiger partial charge in [-0.05, 0) is 208 Å². The van der Waals surface area contributed by atoms with E-state index in [0.717, 1.165) is 80.3 Å². The van der Waals surface area contributed by atoms with Crippen molar-refractivity contribution < 1.29 is 18.9 Å². The van der Waals surface area contributed by atoms with Crippen LogP contribution in [-0.4, -0.2) is 28.4 Å². The van der Waals surface area contributed by atoms with Gasteiger partial charge in [0.1, 0.15) is 23.0 Å². The van der Waals surface area contributed by atoms with Gasteiger partial charge in [0, 0.05) is 11.3 Å². The summed E-state index contributed by atoms with van der Waals surface area (Å²) in [5.74, 6) is 3.81. The molecule has 0 radical (unpaired) electrons. The minimum atomic E-state index is -1.06. The fourth-order valence-electron chi connectivity index (χ4n) is 10.3. The Kier molecular flexibility index (Phi) is 14.8. The average molecular weight is 853 g/mol. The predicted molar refractivity (Wildman–Crippen MR) is 264 cm³/mol. The molecular formula is C55H66O4P2. The smallest absolute Gasteiger partial charge is 0.124 e. The molecule has 6 rings (SSSR count). The number of hydrogen-bond acceptors (Lipinski definition) is 4. The summed E-state index contributed by atoms with van der Waals surface area (Å²) < 4.78 is 24.0. The van der Waals surface area contributed by atoms with Gasteiger partial charge in [-0.25, -0.2) is 0 Å². The summed E-state index contributed by atoms with van der Waals surface area (Å²) in [6.07, 6.45) is 2.03. The van der Waals surface area contributed by atoms with Gasteiger partial charge in [0.2, 0.25) is 0 Å². The van der Waals surface area contributed by atoms with Crippen LogP contribution in [0.15, 0.2) is 109 Å². The molecule has 61 heavy (non-hydrogen) atoms. The van der Waals surface area contributed by atoms with Gasteiger partial charge in [0.25, 0.3) is 0 Å². The van der Waals surface area contributed by atoms with Gasteiger partial charge in [0.15, 0.2) is 0 Å². The molecule has 320 valence electrons. The van der Waals surface area contributed by atoms with E-state index in [0.29, 0.717) is 0 Å². The molecule has 0 amide bonds. The van der Waals surface area contributed by atoms with Crippen molar-refractivity contribution in [2.75, 3.05) is 28.4 Å². The van der Waals surface area contributed by atoms with Crippen LogP contribution in [0.1, 0.15) is 93.6 Å². The number of ether oxygens (including phenoxy) is 4. The van der Waals surface area contributed by atoms with Crippen LogP contribution >= 0.6 is 15.8 Å². The molecule has 6 heteroatoms. The highest BCUT2D eigenvalue weighted by atomic mass is 31.1. The molecule has 0 bridgehead atoms. The first kappa shape index (κ1) is 45.9. The zero-order chi connectivity index (χ0) is 44.2. The third kappa shape index (κ3) is 9.14. The quantitative estimate of drug-likeness (QED) is 0.0909. The molecule has 2 atom stereocenters. The molecule has 0 aliphatic rings. The van der Waals surface area contributed by atoms with Crippen LogP contribution < -0.4 is 40.2 Å². The summed E-state index contributed by atoms with van der Waals surface area (Å²) in [5.41, 5.74) is 11.9. The topological polar surface area (TPSA) is 36.9 Å². The van der Waals surface area contributed by atoms with Crippen LogP contribution in [0, 0.1) is 60.8 Å². The Bertz CT molecular complexity index is 2080. The van der Waals surface area contributed by atoms with Crippen molar-refractivity contribution in [1.82, 2.24) is 0 Å². The molecule has 0 spiro atoms. The molecule has 4 nitrogen and oxygen atoms in total. The Morgan fingerprint density at radius 2 is 0.639 bits per heavy atom.